The van der Waals surface area contributed by atoms with Crippen LogP contribution < -0.4 is 0 Å². The molecule has 1 unspecified atom stereocenters. The fourth-order valence-electron chi connectivity index (χ4n) is 0.236. The van der Waals surface area contributed by atoms with Crippen LogP contribution in [0.4, 0.5) is 0 Å². The van der Waals surface area contributed by atoms with Crippen LogP contribution in [0.1, 0.15) is 0 Å². The number of hydrogen-bond acceptors (Lipinski definition) is 5. The summed E-state index contributed by atoms with van der Waals surface area (Å²) in [4.78, 5) is 0. The summed E-state index contributed by atoms with van der Waals surface area (Å²) in [6.07, 6.45) is 0. The Balaban J connectivity index is 2.93. The summed E-state index contributed by atoms with van der Waals surface area (Å²) in [7, 11) is 0. The first-order chi connectivity index (χ1) is 3.80. The lowest BCUT2D eigenvalue weighted by Gasteiger charge is -1.93. The zero-order chi connectivity index (χ0) is 5.98. The molecule has 1 atom stereocenters. The van der Waals surface area contributed by atoms with Crippen LogP contribution in [0, 0.1) is 0 Å². The molecule has 0 saturated carbocycles. The molecule has 0 aliphatic heterocycles. The molecule has 8 heavy (non-hydrogen) atoms. The van der Waals surface area contributed by atoms with Gasteiger partial charge in [0.25, 0.3) is 0 Å². The Morgan fingerprint density at radius 1 is 1.88 bits per heavy atom. The van der Waals surface area contributed by atoms with Crippen molar-refractivity contribution in [1.82, 2.24) is 10.2 Å². The maximum absolute atomic E-state index is 9.97. The van der Waals surface area contributed by atoms with Gasteiger partial charge in [0.2, 0.25) is 0 Å². The molecule has 0 amide bonds. The summed E-state index contributed by atoms with van der Waals surface area (Å²) >= 11 is -1.21. The normalized spacial score (nSPS) is 13.6. The molecule has 1 aromatic heterocycles. The van der Waals surface area contributed by atoms with E-state index >= 15 is 0 Å². The second-order valence-corrected chi connectivity index (χ2v) is 2.89. The van der Waals surface area contributed by atoms with Crippen molar-refractivity contribution in [3.63, 3.8) is 0 Å². The third-order valence-electron chi connectivity index (χ3n) is 0.483. The summed E-state index contributed by atoms with van der Waals surface area (Å²) in [5, 5.41) is 6.59. The second-order valence-electron chi connectivity index (χ2n) is 0.939. The smallest absolute Gasteiger partial charge is 0.190 e. The summed E-state index contributed by atoms with van der Waals surface area (Å²) in [5.41, 5.74) is 1.37. The van der Waals surface area contributed by atoms with Gasteiger partial charge in [-0.15, -0.1) is 10.2 Å². The Morgan fingerprint density at radius 3 is 2.88 bits per heavy atom. The molecule has 1 rings (SSSR count). The van der Waals surface area contributed by atoms with Gasteiger partial charge in [-0.3, -0.25) is 4.21 Å². The molecule has 0 fully saturated rings. The Morgan fingerprint density at radius 2 is 2.62 bits per heavy atom. The zero-order valence-corrected chi connectivity index (χ0v) is 5.24. The van der Waals surface area contributed by atoms with Crippen molar-refractivity contribution >= 4 is 22.4 Å². The first-order valence-corrected chi connectivity index (χ1v) is 3.61. The summed E-state index contributed by atoms with van der Waals surface area (Å²) in [6.45, 7) is 0. The molecule has 0 saturated heterocycles. The second kappa shape index (κ2) is 2.29. The Bertz CT molecular complexity index is 184. The molecule has 6 heteroatoms. The van der Waals surface area contributed by atoms with Crippen LogP contribution >= 0.6 is 11.3 Å². The van der Waals surface area contributed by atoms with Gasteiger partial charge in [-0.1, -0.05) is 11.3 Å². The average Bonchev–Trinajstić information content (AvgIpc) is 2.12. The lowest BCUT2D eigenvalue weighted by atomic mass is 11.6. The van der Waals surface area contributed by atoms with E-state index in [2.05, 4.69) is 10.2 Å². The van der Waals surface area contributed by atoms with Crippen LogP contribution in [0.5, 0.6) is 0 Å². The van der Waals surface area contributed by atoms with Gasteiger partial charge in [0.05, 0.1) is 0 Å². The molecular formula is C2HN2O2S2-. The highest BCUT2D eigenvalue weighted by molar-refractivity contribution is 7.81. The van der Waals surface area contributed by atoms with E-state index in [-0.39, 0.29) is 4.34 Å². The predicted molar refractivity (Wildman–Crippen MR) is 27.1 cm³/mol. The molecule has 0 N–H and O–H groups in total. The Labute approximate surface area is 51.9 Å². The molecule has 0 radical (unpaired) electrons. The minimum Gasteiger partial charge on any atom is -0.767 e. The van der Waals surface area contributed by atoms with Crippen LogP contribution in [-0.2, 0) is 11.1 Å². The SMILES string of the molecule is O=S([O-])c1nncs1. The molecule has 0 bridgehead atoms. The van der Waals surface area contributed by atoms with Crippen LogP contribution in [0.25, 0.3) is 0 Å². The molecular weight excluding hydrogens is 148 g/mol. The van der Waals surface area contributed by atoms with Crippen molar-refractivity contribution in [2.24, 2.45) is 0 Å². The molecule has 0 spiro atoms. The summed E-state index contributed by atoms with van der Waals surface area (Å²) in [6, 6.07) is 0. The third-order valence-corrected chi connectivity index (χ3v) is 2.03. The molecule has 0 aliphatic rings. The van der Waals surface area contributed by atoms with Gasteiger partial charge in [-0.2, -0.15) is 0 Å². The minimum atomic E-state index is -2.20. The van der Waals surface area contributed by atoms with Crippen LogP contribution in [-0.4, -0.2) is 19.0 Å². The van der Waals surface area contributed by atoms with Gasteiger partial charge in [0.1, 0.15) is 5.51 Å². The largest absolute Gasteiger partial charge is 0.767 e. The highest BCUT2D eigenvalue weighted by atomic mass is 32.2. The molecule has 1 aromatic rings. The van der Waals surface area contributed by atoms with E-state index < -0.39 is 11.1 Å². The van der Waals surface area contributed by atoms with Gasteiger partial charge in [-0.25, -0.2) is 0 Å². The average molecular weight is 149 g/mol. The molecule has 0 aromatic carbocycles. The minimum absolute atomic E-state index is 0.0324. The van der Waals surface area contributed by atoms with E-state index in [0.29, 0.717) is 0 Å². The summed E-state index contributed by atoms with van der Waals surface area (Å²) < 4.78 is 20.0. The topological polar surface area (TPSA) is 65.9 Å². The lowest BCUT2D eigenvalue weighted by Crippen LogP contribution is -1.85. The third kappa shape index (κ3) is 1.09. The fourth-order valence-corrected chi connectivity index (χ4v) is 1.07. The van der Waals surface area contributed by atoms with E-state index in [1.54, 1.807) is 0 Å². The van der Waals surface area contributed by atoms with E-state index in [4.69, 9.17) is 0 Å². The van der Waals surface area contributed by atoms with E-state index in [0.717, 1.165) is 11.3 Å². The summed E-state index contributed by atoms with van der Waals surface area (Å²) in [5.74, 6) is 0. The molecule has 4 nitrogen and oxygen atoms in total. The Hall–Kier alpha value is -0.330. The van der Waals surface area contributed by atoms with Crippen molar-refractivity contribution in [1.29, 1.82) is 0 Å². The van der Waals surface area contributed by atoms with Crippen molar-refractivity contribution in [3.8, 4) is 0 Å². The monoisotopic (exact) mass is 149 g/mol. The maximum atomic E-state index is 9.97. The van der Waals surface area contributed by atoms with Crippen molar-refractivity contribution < 1.29 is 8.76 Å². The first-order valence-electron chi connectivity index (χ1n) is 1.66. The predicted octanol–water partition coefficient (Wildman–Crippen LogP) is -0.224. The van der Waals surface area contributed by atoms with Crippen molar-refractivity contribution in [3.05, 3.63) is 5.51 Å². The quantitative estimate of drug-likeness (QED) is 0.517. The maximum Gasteiger partial charge on any atom is 0.190 e. The van der Waals surface area contributed by atoms with Crippen molar-refractivity contribution in [2.45, 2.75) is 4.34 Å². The Kier molecular flexibility index (Phi) is 1.66. The van der Waals surface area contributed by atoms with E-state index in [1.165, 1.54) is 5.51 Å². The van der Waals surface area contributed by atoms with Crippen LogP contribution in [0.15, 0.2) is 9.85 Å². The molecule has 0 aliphatic carbocycles. The number of hydrogen-bond donors (Lipinski definition) is 0. The fraction of sp³-hybridized carbons (Fsp3) is 0. The lowest BCUT2D eigenvalue weighted by molar-refractivity contribution is 0.535. The molecule has 1 heterocycles. The first kappa shape index (κ1) is 5.80. The van der Waals surface area contributed by atoms with Crippen molar-refractivity contribution in [2.75, 3.05) is 0 Å². The van der Waals surface area contributed by atoms with Crippen LogP contribution in [0.3, 0.4) is 0 Å². The standard InChI is InChI=1S/C2H2N2O2S2/c5-8(6)2-4-3-1-7-2/h1H,(H,5,6)/p-1. The van der Waals surface area contributed by atoms with Gasteiger partial charge in [-0.05, 0) is 0 Å². The number of rotatable bonds is 1. The van der Waals surface area contributed by atoms with Gasteiger partial charge < -0.3 is 4.55 Å². The highest BCUT2D eigenvalue weighted by Crippen LogP contribution is 2.03. The van der Waals surface area contributed by atoms with Gasteiger partial charge in [0, 0.05) is 11.1 Å². The number of nitrogens with zero attached hydrogens (tertiary/aromatic N) is 2. The van der Waals surface area contributed by atoms with Gasteiger partial charge in [0.15, 0.2) is 4.34 Å². The van der Waals surface area contributed by atoms with Crippen LogP contribution in [0.2, 0.25) is 0 Å². The van der Waals surface area contributed by atoms with E-state index in [9.17, 15) is 8.76 Å². The van der Waals surface area contributed by atoms with E-state index in [1.807, 2.05) is 0 Å². The van der Waals surface area contributed by atoms with Gasteiger partial charge >= 0.3 is 0 Å². The number of aromatic nitrogens is 2. The molecule has 44 valence electrons. The highest BCUT2D eigenvalue weighted by Gasteiger charge is 1.91. The zero-order valence-electron chi connectivity index (χ0n) is 3.60.